The number of nitrogens with two attached hydrogens (primary N) is 3. The molecule has 2 rings (SSSR count). The van der Waals surface area contributed by atoms with Crippen LogP contribution >= 0.6 is 0 Å². The molecule has 14 nitrogen and oxygen atoms in total. The van der Waals surface area contributed by atoms with Gasteiger partial charge in [-0.2, -0.15) is 0 Å². The highest BCUT2D eigenvalue weighted by molar-refractivity contribution is 5.94. The molecule has 0 bridgehead atoms. The van der Waals surface area contributed by atoms with E-state index in [2.05, 4.69) is 25.6 Å². The SMILES string of the molecule is CC(C)CC(NC(=O)C(CCCN=C(N)N)NC(=O)C(N)Cc1cnc[nH]1)C(=O)N1CCCC1C(=O)O. The molecule has 4 unspecified atom stereocenters. The van der Waals surface area contributed by atoms with Crippen molar-refractivity contribution in [2.45, 2.75) is 76.5 Å². The standard InChI is InChI=1S/C23H39N9O5/c1-13(2)9-17(21(35)32-8-4-6-18(32)22(36)37)31-20(34)16(5-3-7-28-23(25)26)30-19(33)15(24)10-14-11-27-12-29-14/h11-13,15-18H,3-10,24H2,1-2H3,(H,27,29)(H,30,33)(H,31,34)(H,36,37)(H4,25,26,28). The average Bonchev–Trinajstić information content (AvgIpc) is 3.51. The lowest BCUT2D eigenvalue weighted by Gasteiger charge is -2.29. The van der Waals surface area contributed by atoms with E-state index in [1.54, 1.807) is 6.20 Å². The lowest BCUT2D eigenvalue weighted by Crippen LogP contribution is -2.57. The third-order valence-corrected chi connectivity index (χ3v) is 6.05. The van der Waals surface area contributed by atoms with E-state index in [0.29, 0.717) is 37.9 Å². The lowest BCUT2D eigenvalue weighted by molar-refractivity contribution is -0.149. The van der Waals surface area contributed by atoms with Crippen molar-refractivity contribution in [3.63, 3.8) is 0 Å². The number of aliphatic carboxylic acids is 1. The van der Waals surface area contributed by atoms with Crippen LogP contribution in [-0.2, 0) is 25.6 Å². The van der Waals surface area contributed by atoms with Crippen LogP contribution in [0.2, 0.25) is 0 Å². The molecule has 1 aromatic heterocycles. The maximum Gasteiger partial charge on any atom is 0.326 e. The van der Waals surface area contributed by atoms with Gasteiger partial charge in [0.25, 0.3) is 0 Å². The van der Waals surface area contributed by atoms with Gasteiger partial charge < -0.3 is 42.8 Å². The summed E-state index contributed by atoms with van der Waals surface area (Å²) in [6.07, 6.45) is 5.02. The molecule has 1 aromatic rings. The zero-order valence-corrected chi connectivity index (χ0v) is 21.4. The molecule has 0 radical (unpaired) electrons. The van der Waals surface area contributed by atoms with E-state index in [-0.39, 0.29) is 31.3 Å². The molecule has 0 saturated carbocycles. The summed E-state index contributed by atoms with van der Waals surface area (Å²) >= 11 is 0. The topological polar surface area (TPSA) is 235 Å². The molecule has 10 N–H and O–H groups in total. The molecular formula is C23H39N9O5. The van der Waals surface area contributed by atoms with Gasteiger partial charge in [0.2, 0.25) is 17.7 Å². The summed E-state index contributed by atoms with van der Waals surface area (Å²) in [5, 5.41) is 14.9. The van der Waals surface area contributed by atoms with Gasteiger partial charge in [-0.15, -0.1) is 0 Å². The van der Waals surface area contributed by atoms with Crippen LogP contribution in [0.5, 0.6) is 0 Å². The Morgan fingerprint density at radius 1 is 1.22 bits per heavy atom. The first-order valence-electron chi connectivity index (χ1n) is 12.4. The third kappa shape index (κ3) is 9.37. The molecular weight excluding hydrogens is 482 g/mol. The fourth-order valence-corrected chi connectivity index (χ4v) is 4.23. The van der Waals surface area contributed by atoms with Gasteiger partial charge in [0, 0.05) is 31.4 Å². The molecule has 4 atom stereocenters. The minimum Gasteiger partial charge on any atom is -0.480 e. The number of hydrogen-bond acceptors (Lipinski definition) is 7. The highest BCUT2D eigenvalue weighted by Gasteiger charge is 2.38. The van der Waals surface area contributed by atoms with Gasteiger partial charge in [-0.05, 0) is 38.0 Å². The van der Waals surface area contributed by atoms with Gasteiger partial charge in [-0.3, -0.25) is 19.4 Å². The Balaban J connectivity index is 2.14. The number of rotatable bonds is 14. The summed E-state index contributed by atoms with van der Waals surface area (Å²) < 4.78 is 0. The summed E-state index contributed by atoms with van der Waals surface area (Å²) in [5.41, 5.74) is 17.4. The number of nitrogens with one attached hydrogen (secondary N) is 3. The van der Waals surface area contributed by atoms with E-state index in [9.17, 15) is 24.3 Å². The second-order valence-electron chi connectivity index (χ2n) is 9.62. The number of aliphatic imine (C=N–C) groups is 1. The second kappa shape index (κ2) is 14.2. The second-order valence-corrected chi connectivity index (χ2v) is 9.62. The van der Waals surface area contributed by atoms with Crippen molar-refractivity contribution in [2.24, 2.45) is 28.1 Å². The van der Waals surface area contributed by atoms with Crippen LogP contribution in [0.4, 0.5) is 0 Å². The smallest absolute Gasteiger partial charge is 0.326 e. The Labute approximate surface area is 215 Å². The number of aromatic amines is 1. The van der Waals surface area contributed by atoms with Gasteiger partial charge in [0.1, 0.15) is 18.1 Å². The Morgan fingerprint density at radius 3 is 2.51 bits per heavy atom. The highest BCUT2D eigenvalue weighted by atomic mass is 16.4. The Kier molecular flexibility index (Phi) is 11.3. The summed E-state index contributed by atoms with van der Waals surface area (Å²) in [7, 11) is 0. The number of carbonyl (C=O) groups excluding carboxylic acids is 3. The zero-order chi connectivity index (χ0) is 27.5. The molecule has 1 aliphatic heterocycles. The minimum absolute atomic E-state index is 0.0397. The molecule has 1 fully saturated rings. The van der Waals surface area contributed by atoms with E-state index in [4.69, 9.17) is 17.2 Å². The van der Waals surface area contributed by atoms with Crippen molar-refractivity contribution in [1.82, 2.24) is 25.5 Å². The normalized spacial score (nSPS) is 17.6. The summed E-state index contributed by atoms with van der Waals surface area (Å²) in [6.45, 7) is 4.34. The number of amides is 3. The number of likely N-dealkylation sites (tertiary alicyclic amines) is 1. The number of imidazole rings is 1. The van der Waals surface area contributed by atoms with Crippen LogP contribution < -0.4 is 27.8 Å². The first-order valence-corrected chi connectivity index (χ1v) is 12.4. The molecule has 0 aromatic carbocycles. The van der Waals surface area contributed by atoms with E-state index >= 15 is 0 Å². The van der Waals surface area contributed by atoms with Crippen LogP contribution in [0, 0.1) is 5.92 Å². The number of carboxylic acids is 1. The number of carboxylic acid groups (broad SMARTS) is 1. The van der Waals surface area contributed by atoms with Crippen LogP contribution in [-0.4, -0.2) is 86.9 Å². The van der Waals surface area contributed by atoms with Crippen LogP contribution in [0.3, 0.4) is 0 Å². The molecule has 2 heterocycles. The Bertz CT molecular complexity index is 946. The zero-order valence-electron chi connectivity index (χ0n) is 21.4. The number of nitrogens with zero attached hydrogens (tertiary/aromatic N) is 3. The van der Waals surface area contributed by atoms with Crippen molar-refractivity contribution in [3.8, 4) is 0 Å². The molecule has 3 amide bonds. The fourth-order valence-electron chi connectivity index (χ4n) is 4.23. The molecule has 14 heteroatoms. The van der Waals surface area contributed by atoms with Crippen molar-refractivity contribution in [2.75, 3.05) is 13.1 Å². The molecule has 1 saturated heterocycles. The maximum absolute atomic E-state index is 13.3. The van der Waals surface area contributed by atoms with Crippen LogP contribution in [0.15, 0.2) is 17.5 Å². The molecule has 0 aliphatic carbocycles. The van der Waals surface area contributed by atoms with E-state index in [1.165, 1.54) is 11.2 Å². The van der Waals surface area contributed by atoms with E-state index in [1.807, 2.05) is 13.8 Å². The predicted molar refractivity (Wildman–Crippen MR) is 136 cm³/mol. The maximum atomic E-state index is 13.3. The number of carbonyl (C=O) groups is 4. The number of H-pyrrole nitrogens is 1. The lowest BCUT2D eigenvalue weighted by atomic mass is 10.0. The first-order chi connectivity index (χ1) is 17.5. The monoisotopic (exact) mass is 521 g/mol. The minimum atomic E-state index is -1.07. The molecule has 206 valence electrons. The summed E-state index contributed by atoms with van der Waals surface area (Å²) in [5.74, 6) is -2.69. The van der Waals surface area contributed by atoms with Gasteiger partial charge in [0.05, 0.1) is 12.4 Å². The molecule has 1 aliphatic rings. The van der Waals surface area contributed by atoms with Gasteiger partial charge in [-0.25, -0.2) is 9.78 Å². The van der Waals surface area contributed by atoms with Gasteiger partial charge >= 0.3 is 5.97 Å². The summed E-state index contributed by atoms with van der Waals surface area (Å²) in [4.78, 5) is 63.0. The molecule has 0 spiro atoms. The van der Waals surface area contributed by atoms with Crippen molar-refractivity contribution >= 4 is 29.7 Å². The van der Waals surface area contributed by atoms with Crippen molar-refractivity contribution in [1.29, 1.82) is 0 Å². The van der Waals surface area contributed by atoms with Gasteiger partial charge in [-0.1, -0.05) is 13.8 Å². The number of aromatic nitrogens is 2. The van der Waals surface area contributed by atoms with Crippen LogP contribution in [0.1, 0.15) is 51.6 Å². The first kappa shape index (κ1) is 29.5. The van der Waals surface area contributed by atoms with E-state index < -0.39 is 47.9 Å². The fraction of sp³-hybridized carbons (Fsp3) is 0.652. The van der Waals surface area contributed by atoms with Crippen LogP contribution in [0.25, 0.3) is 0 Å². The third-order valence-electron chi connectivity index (χ3n) is 6.05. The quantitative estimate of drug-likeness (QED) is 0.0848. The van der Waals surface area contributed by atoms with E-state index in [0.717, 1.165) is 0 Å². The van der Waals surface area contributed by atoms with Crippen molar-refractivity contribution < 1.29 is 24.3 Å². The highest BCUT2D eigenvalue weighted by Crippen LogP contribution is 2.20. The number of hydrogen-bond donors (Lipinski definition) is 7. The Morgan fingerprint density at radius 2 is 1.92 bits per heavy atom. The van der Waals surface area contributed by atoms with Gasteiger partial charge in [0.15, 0.2) is 5.96 Å². The molecule has 37 heavy (non-hydrogen) atoms. The summed E-state index contributed by atoms with van der Waals surface area (Å²) in [6, 6.07) is -3.81. The average molecular weight is 522 g/mol. The predicted octanol–water partition coefficient (Wildman–Crippen LogP) is -1.58. The van der Waals surface area contributed by atoms with Crippen molar-refractivity contribution in [3.05, 3.63) is 18.2 Å². The number of guanidine groups is 1. The Hall–Kier alpha value is -3.68. The largest absolute Gasteiger partial charge is 0.480 e.